The van der Waals surface area contributed by atoms with Gasteiger partial charge in [0.15, 0.2) is 11.6 Å². The SMILES string of the molecule is CC(C)(C)CC(Nc1ncnc(N2CCC[C@H]2c2ccc(C(F)(F)F)cc2)c1F)C(N)=O. The predicted octanol–water partition coefficient (Wildman–Crippen LogP) is 4.68. The highest BCUT2D eigenvalue weighted by atomic mass is 19.4. The molecule has 3 rings (SSSR count). The number of rotatable bonds is 6. The van der Waals surface area contributed by atoms with E-state index in [1.807, 2.05) is 20.8 Å². The van der Waals surface area contributed by atoms with E-state index < -0.39 is 29.5 Å². The lowest BCUT2D eigenvalue weighted by Crippen LogP contribution is -2.39. The van der Waals surface area contributed by atoms with Gasteiger partial charge in [-0.3, -0.25) is 4.79 Å². The molecule has 0 radical (unpaired) electrons. The first-order valence-corrected chi connectivity index (χ1v) is 10.4. The van der Waals surface area contributed by atoms with Gasteiger partial charge < -0.3 is 16.0 Å². The third kappa shape index (κ3) is 5.46. The van der Waals surface area contributed by atoms with Crippen molar-refractivity contribution >= 4 is 17.5 Å². The van der Waals surface area contributed by atoms with Crippen molar-refractivity contribution in [3.05, 3.63) is 47.5 Å². The molecular formula is C22H27F4N5O. The number of nitrogens with zero attached hydrogens (tertiary/aromatic N) is 3. The molecule has 2 aromatic rings. The molecule has 10 heteroatoms. The van der Waals surface area contributed by atoms with Crippen LogP contribution in [0.2, 0.25) is 0 Å². The van der Waals surface area contributed by atoms with E-state index in [4.69, 9.17) is 5.73 Å². The molecule has 1 amide bonds. The quantitative estimate of drug-likeness (QED) is 0.621. The van der Waals surface area contributed by atoms with Crippen LogP contribution in [0.25, 0.3) is 0 Å². The maximum absolute atomic E-state index is 15.4. The highest BCUT2D eigenvalue weighted by molar-refractivity contribution is 5.82. The van der Waals surface area contributed by atoms with Crippen LogP contribution < -0.4 is 16.0 Å². The lowest BCUT2D eigenvalue weighted by molar-refractivity contribution is -0.137. The molecule has 1 saturated heterocycles. The first-order chi connectivity index (χ1) is 14.9. The topological polar surface area (TPSA) is 84.1 Å². The molecule has 0 aliphatic carbocycles. The van der Waals surface area contributed by atoms with Gasteiger partial charge in [-0.2, -0.15) is 17.6 Å². The number of alkyl halides is 3. The zero-order valence-corrected chi connectivity index (χ0v) is 18.2. The second-order valence-corrected chi connectivity index (χ2v) is 9.20. The van der Waals surface area contributed by atoms with Gasteiger partial charge in [-0.15, -0.1) is 0 Å². The summed E-state index contributed by atoms with van der Waals surface area (Å²) in [5, 5.41) is 2.79. The van der Waals surface area contributed by atoms with Crippen molar-refractivity contribution in [2.45, 2.75) is 58.3 Å². The monoisotopic (exact) mass is 453 g/mol. The Morgan fingerprint density at radius 3 is 2.44 bits per heavy atom. The highest BCUT2D eigenvalue weighted by Crippen LogP contribution is 2.38. The van der Waals surface area contributed by atoms with Crippen molar-refractivity contribution in [1.82, 2.24) is 9.97 Å². The molecule has 0 bridgehead atoms. The second kappa shape index (κ2) is 8.91. The van der Waals surface area contributed by atoms with Crippen LogP contribution in [0.3, 0.4) is 0 Å². The Morgan fingerprint density at radius 1 is 1.22 bits per heavy atom. The minimum absolute atomic E-state index is 0.0314. The Hall–Kier alpha value is -2.91. The summed E-state index contributed by atoms with van der Waals surface area (Å²) < 4.78 is 54.0. The van der Waals surface area contributed by atoms with Gasteiger partial charge in [-0.25, -0.2) is 9.97 Å². The van der Waals surface area contributed by atoms with Crippen LogP contribution in [0, 0.1) is 11.2 Å². The molecule has 0 spiro atoms. The Balaban J connectivity index is 1.87. The van der Waals surface area contributed by atoms with Crippen molar-refractivity contribution in [3.8, 4) is 0 Å². The number of primary amides is 1. The molecule has 1 aromatic carbocycles. The fraction of sp³-hybridized carbons (Fsp3) is 0.500. The summed E-state index contributed by atoms with van der Waals surface area (Å²) in [6, 6.07) is 3.73. The number of amides is 1. The van der Waals surface area contributed by atoms with Gasteiger partial charge in [-0.1, -0.05) is 32.9 Å². The number of hydrogen-bond acceptors (Lipinski definition) is 5. The van der Waals surface area contributed by atoms with Crippen molar-refractivity contribution < 1.29 is 22.4 Å². The smallest absolute Gasteiger partial charge is 0.368 e. The lowest BCUT2D eigenvalue weighted by atomic mass is 9.88. The third-order valence-corrected chi connectivity index (χ3v) is 5.39. The molecule has 3 N–H and O–H groups in total. The van der Waals surface area contributed by atoms with Crippen LogP contribution >= 0.6 is 0 Å². The van der Waals surface area contributed by atoms with E-state index in [1.165, 1.54) is 18.5 Å². The number of aromatic nitrogens is 2. The lowest BCUT2D eigenvalue weighted by Gasteiger charge is -2.28. The average Bonchev–Trinajstić information content (AvgIpc) is 3.17. The normalized spacial score (nSPS) is 18.0. The summed E-state index contributed by atoms with van der Waals surface area (Å²) >= 11 is 0. The first kappa shape index (κ1) is 23.7. The molecule has 2 atom stereocenters. The van der Waals surface area contributed by atoms with Crippen LogP contribution in [-0.2, 0) is 11.0 Å². The number of carbonyl (C=O) groups excluding carboxylic acids is 1. The van der Waals surface area contributed by atoms with Crippen molar-refractivity contribution in [2.24, 2.45) is 11.1 Å². The van der Waals surface area contributed by atoms with E-state index in [2.05, 4.69) is 15.3 Å². The fourth-order valence-corrected chi connectivity index (χ4v) is 3.92. The summed E-state index contributed by atoms with van der Waals surface area (Å²) in [7, 11) is 0. The zero-order valence-electron chi connectivity index (χ0n) is 18.2. The maximum atomic E-state index is 15.4. The summed E-state index contributed by atoms with van der Waals surface area (Å²) in [6.07, 6.45) is -1.48. The number of hydrogen-bond donors (Lipinski definition) is 2. The molecular weight excluding hydrogens is 426 g/mol. The molecule has 1 aliphatic rings. The van der Waals surface area contributed by atoms with E-state index in [0.29, 0.717) is 24.9 Å². The predicted molar refractivity (Wildman–Crippen MR) is 113 cm³/mol. The Bertz CT molecular complexity index is 956. The number of halogens is 4. The minimum atomic E-state index is -4.42. The standard InChI is InChI=1S/C22H27F4N5O/c1-21(2,3)11-15(18(27)32)30-19-17(23)20(29-12-28-19)31-10-4-5-16(31)13-6-8-14(9-7-13)22(24,25)26/h6-9,12,15-16H,4-5,10-11H2,1-3H3,(H2,27,32)(H,28,29,30)/t15?,16-/m0/s1. The largest absolute Gasteiger partial charge is 0.416 e. The summed E-state index contributed by atoms with van der Waals surface area (Å²) in [5.41, 5.74) is 5.16. The Kier molecular flexibility index (Phi) is 6.61. The van der Waals surface area contributed by atoms with Crippen LogP contribution in [0.15, 0.2) is 30.6 Å². The molecule has 1 aromatic heterocycles. The maximum Gasteiger partial charge on any atom is 0.416 e. The van der Waals surface area contributed by atoms with Crippen molar-refractivity contribution in [2.75, 3.05) is 16.8 Å². The van der Waals surface area contributed by atoms with Crippen LogP contribution in [-0.4, -0.2) is 28.5 Å². The number of nitrogens with two attached hydrogens (primary N) is 1. The number of benzene rings is 1. The molecule has 1 aliphatic heterocycles. The van der Waals surface area contributed by atoms with Gasteiger partial charge in [0.2, 0.25) is 11.7 Å². The van der Waals surface area contributed by atoms with Gasteiger partial charge in [-0.05, 0) is 42.4 Å². The Morgan fingerprint density at radius 2 is 1.88 bits per heavy atom. The summed E-state index contributed by atoms with van der Waals surface area (Å²) in [5.74, 6) is -1.46. The van der Waals surface area contributed by atoms with Crippen molar-refractivity contribution in [3.63, 3.8) is 0 Å². The van der Waals surface area contributed by atoms with Gasteiger partial charge in [0.25, 0.3) is 0 Å². The third-order valence-electron chi connectivity index (χ3n) is 5.39. The van der Waals surface area contributed by atoms with E-state index in [-0.39, 0.29) is 23.1 Å². The average molecular weight is 453 g/mol. The van der Waals surface area contributed by atoms with Gasteiger partial charge in [0, 0.05) is 6.54 Å². The molecule has 1 fully saturated rings. The number of carbonyl (C=O) groups is 1. The molecule has 6 nitrogen and oxygen atoms in total. The van der Waals surface area contributed by atoms with Gasteiger partial charge in [0.1, 0.15) is 12.4 Å². The molecule has 0 saturated carbocycles. The van der Waals surface area contributed by atoms with Crippen LogP contribution in [0.5, 0.6) is 0 Å². The van der Waals surface area contributed by atoms with E-state index in [0.717, 1.165) is 18.6 Å². The second-order valence-electron chi connectivity index (χ2n) is 9.20. The fourth-order valence-electron chi connectivity index (χ4n) is 3.92. The molecule has 32 heavy (non-hydrogen) atoms. The number of nitrogens with one attached hydrogen (secondary N) is 1. The zero-order chi connectivity index (χ0) is 23.7. The minimum Gasteiger partial charge on any atom is -0.368 e. The molecule has 2 heterocycles. The highest BCUT2D eigenvalue weighted by Gasteiger charge is 2.33. The van der Waals surface area contributed by atoms with E-state index in [9.17, 15) is 18.0 Å². The van der Waals surface area contributed by atoms with Gasteiger partial charge >= 0.3 is 6.18 Å². The number of anilines is 2. The summed E-state index contributed by atoms with van der Waals surface area (Å²) in [6.45, 7) is 6.29. The van der Waals surface area contributed by atoms with E-state index >= 15 is 4.39 Å². The molecule has 174 valence electrons. The molecule has 1 unspecified atom stereocenters. The van der Waals surface area contributed by atoms with Gasteiger partial charge in [0.05, 0.1) is 11.6 Å². The van der Waals surface area contributed by atoms with Crippen LogP contribution in [0.4, 0.5) is 29.2 Å². The van der Waals surface area contributed by atoms with Crippen molar-refractivity contribution in [1.29, 1.82) is 0 Å². The Labute approximate surface area is 184 Å². The van der Waals surface area contributed by atoms with Crippen LogP contribution in [0.1, 0.15) is 57.2 Å². The summed E-state index contributed by atoms with van der Waals surface area (Å²) in [4.78, 5) is 21.6. The first-order valence-electron chi connectivity index (χ1n) is 10.4. The van der Waals surface area contributed by atoms with E-state index in [1.54, 1.807) is 4.90 Å².